The topological polar surface area (TPSA) is 15.3 Å². The third-order valence-electron chi connectivity index (χ3n) is 14.3. The predicted octanol–water partition coefficient (Wildman–Crippen LogP) is 15.9. The Morgan fingerprint density at radius 2 is 1.54 bits per heavy atom. The van der Waals surface area contributed by atoms with Gasteiger partial charge in [-0.05, 0) is 118 Å². The van der Waals surface area contributed by atoms with Gasteiger partial charge < -0.3 is 10.2 Å². The van der Waals surface area contributed by atoms with Crippen molar-refractivity contribution in [3.05, 3.63) is 142 Å². The third-order valence-corrected chi connectivity index (χ3v) is 16.7. The average Bonchev–Trinajstić information content (AvgIpc) is 3.49. The molecular formula is C53H52N2S2. The number of hydrogen-bond acceptors (Lipinski definition) is 4. The second-order valence-electron chi connectivity index (χ2n) is 19.2. The molecule has 2 aliphatic heterocycles. The molecule has 2 atom stereocenters. The highest BCUT2D eigenvalue weighted by Gasteiger charge is 2.49. The van der Waals surface area contributed by atoms with Gasteiger partial charge in [-0.15, -0.1) is 11.3 Å². The summed E-state index contributed by atoms with van der Waals surface area (Å²) in [6.07, 6.45) is 16.1. The van der Waals surface area contributed by atoms with Crippen LogP contribution in [0.5, 0.6) is 0 Å². The molecule has 1 N–H and O–H groups in total. The van der Waals surface area contributed by atoms with Crippen LogP contribution in [0.1, 0.15) is 91.7 Å². The molecule has 11 rings (SSSR count). The zero-order valence-corrected chi connectivity index (χ0v) is 36.0. The van der Waals surface area contributed by atoms with Gasteiger partial charge in [-0.1, -0.05) is 133 Å². The number of allylic oxidation sites excluding steroid dienone is 6. The fraction of sp³-hybridized carbons (Fsp3) is 0.321. The van der Waals surface area contributed by atoms with Crippen LogP contribution >= 0.6 is 23.1 Å². The van der Waals surface area contributed by atoms with Crippen LogP contribution < -0.4 is 10.2 Å². The highest BCUT2D eigenvalue weighted by Crippen LogP contribution is 2.63. The molecule has 0 bridgehead atoms. The number of anilines is 3. The van der Waals surface area contributed by atoms with Crippen LogP contribution in [0.3, 0.4) is 0 Å². The lowest BCUT2D eigenvalue weighted by Gasteiger charge is -2.53. The fourth-order valence-electron chi connectivity index (χ4n) is 11.0. The maximum absolute atomic E-state index is 4.10. The summed E-state index contributed by atoms with van der Waals surface area (Å²) in [4.78, 5) is 5.45. The van der Waals surface area contributed by atoms with Gasteiger partial charge in [0.2, 0.25) is 0 Å². The number of piperidine rings is 1. The van der Waals surface area contributed by atoms with E-state index in [1.165, 1.54) is 117 Å². The maximum atomic E-state index is 4.10. The maximum Gasteiger partial charge on any atom is 0.0632 e. The molecule has 5 aliphatic rings. The summed E-state index contributed by atoms with van der Waals surface area (Å²) >= 11 is 3.94. The Labute approximate surface area is 346 Å². The number of thiophene rings is 1. The summed E-state index contributed by atoms with van der Waals surface area (Å²) in [6, 6.07) is 32.6. The van der Waals surface area contributed by atoms with Crippen molar-refractivity contribution in [3.8, 4) is 11.1 Å². The van der Waals surface area contributed by atoms with Crippen molar-refractivity contribution in [2.75, 3.05) is 10.2 Å². The quantitative estimate of drug-likeness (QED) is 0.193. The highest BCUT2D eigenvalue weighted by atomic mass is 32.2. The number of fused-ring (bicyclic) bond motifs is 9. The van der Waals surface area contributed by atoms with Gasteiger partial charge in [0, 0.05) is 64.1 Å². The Hall–Kier alpha value is -4.51. The highest BCUT2D eigenvalue weighted by molar-refractivity contribution is 8.03. The Kier molecular flexibility index (Phi) is 7.81. The lowest BCUT2D eigenvalue weighted by Crippen LogP contribution is -2.45. The van der Waals surface area contributed by atoms with E-state index in [1.54, 1.807) is 0 Å². The van der Waals surface area contributed by atoms with Gasteiger partial charge in [-0.2, -0.15) is 0 Å². The molecule has 4 heteroatoms. The molecule has 1 saturated heterocycles. The first-order chi connectivity index (χ1) is 27.4. The van der Waals surface area contributed by atoms with Gasteiger partial charge in [-0.3, -0.25) is 0 Å². The van der Waals surface area contributed by atoms with Crippen LogP contribution in [0.25, 0.3) is 42.1 Å². The average molecular weight is 781 g/mol. The summed E-state index contributed by atoms with van der Waals surface area (Å²) in [5.41, 5.74) is 14.1. The van der Waals surface area contributed by atoms with Crippen LogP contribution in [0.15, 0.2) is 136 Å². The minimum atomic E-state index is 0.0553. The smallest absolute Gasteiger partial charge is 0.0632 e. The summed E-state index contributed by atoms with van der Waals surface area (Å²) in [7, 11) is 0. The molecule has 286 valence electrons. The molecular weight excluding hydrogens is 729 g/mol. The Morgan fingerprint density at radius 3 is 2.39 bits per heavy atom. The molecule has 3 heterocycles. The van der Waals surface area contributed by atoms with Crippen LogP contribution in [0.4, 0.5) is 17.1 Å². The standard InChI is InChI=1S/C53H52N2S2/c1-31-20-25-45-48-40(28-31)53(6,7)38-17-11-12-18-42(38)55(48)43-29-32-14-8-9-15-34(32)46(50(43)57-45)47-41(24-22-36-35-16-10-13-19-44(35)56-49(36)47)54-33-21-23-37-39(30-33)52(4,5)27-26-51(37,2)3/h8-10,13-16,18-25,28-31,38,54H,11-12,17,26-27H2,1-7H3. The monoisotopic (exact) mass is 780 g/mol. The molecule has 0 saturated carbocycles. The van der Waals surface area contributed by atoms with E-state index < -0.39 is 0 Å². The van der Waals surface area contributed by atoms with Crippen molar-refractivity contribution in [2.24, 2.45) is 17.3 Å². The molecule has 0 radical (unpaired) electrons. The van der Waals surface area contributed by atoms with E-state index in [9.17, 15) is 0 Å². The largest absolute Gasteiger partial charge is 0.355 e. The third kappa shape index (κ3) is 5.28. The zero-order chi connectivity index (χ0) is 39.0. The number of hydrogen-bond donors (Lipinski definition) is 1. The molecule has 3 aliphatic carbocycles. The minimum Gasteiger partial charge on any atom is -0.355 e. The van der Waals surface area contributed by atoms with E-state index in [0.29, 0.717) is 11.8 Å². The second-order valence-corrected chi connectivity index (χ2v) is 21.3. The first kappa shape index (κ1) is 35.6. The number of thioether (sulfide) groups is 1. The molecule has 2 nitrogen and oxygen atoms in total. The molecule has 2 unspecified atom stereocenters. The predicted molar refractivity (Wildman–Crippen MR) is 248 cm³/mol. The summed E-state index contributed by atoms with van der Waals surface area (Å²) in [5.74, 6) is 0.846. The van der Waals surface area contributed by atoms with Crippen LogP contribution in [-0.4, -0.2) is 0 Å². The normalized spacial score (nSPS) is 22.7. The van der Waals surface area contributed by atoms with Gasteiger partial charge in [0.25, 0.3) is 0 Å². The van der Waals surface area contributed by atoms with Crippen LogP contribution in [0, 0.1) is 17.3 Å². The van der Waals surface area contributed by atoms with Gasteiger partial charge in [0.1, 0.15) is 0 Å². The SMILES string of the molecule is CC1C=CC2=C3C(=C1)C(C)(C)C1CCCC=C1N3c1cc3ccccc3c(-c3c(Nc4ccc5c(c4)C(C)(C)CCC5(C)C)ccc4c3sc3ccccc34)c1S2. The second kappa shape index (κ2) is 12.5. The van der Waals surface area contributed by atoms with Crippen molar-refractivity contribution in [1.29, 1.82) is 0 Å². The lowest BCUT2D eigenvalue weighted by atomic mass is 9.63. The first-order valence-corrected chi connectivity index (χ1v) is 22.8. The molecule has 57 heavy (non-hydrogen) atoms. The molecule has 1 fully saturated rings. The van der Waals surface area contributed by atoms with Gasteiger partial charge >= 0.3 is 0 Å². The Morgan fingerprint density at radius 1 is 0.772 bits per heavy atom. The van der Waals surface area contributed by atoms with Crippen LogP contribution in [-0.2, 0) is 10.8 Å². The minimum absolute atomic E-state index is 0.0553. The van der Waals surface area contributed by atoms with E-state index in [0.717, 1.165) is 12.1 Å². The zero-order valence-electron chi connectivity index (χ0n) is 34.3. The lowest BCUT2D eigenvalue weighted by molar-refractivity contribution is 0.258. The van der Waals surface area contributed by atoms with Crippen molar-refractivity contribution >= 4 is 71.1 Å². The van der Waals surface area contributed by atoms with Crippen molar-refractivity contribution < 1.29 is 0 Å². The van der Waals surface area contributed by atoms with E-state index >= 15 is 0 Å². The van der Waals surface area contributed by atoms with Gasteiger partial charge in [0.05, 0.1) is 11.4 Å². The van der Waals surface area contributed by atoms with Crippen molar-refractivity contribution in [1.82, 2.24) is 0 Å². The summed E-state index contributed by atoms with van der Waals surface area (Å²) in [5, 5.41) is 9.36. The van der Waals surface area contributed by atoms with Crippen LogP contribution in [0.2, 0.25) is 0 Å². The molecule has 1 aromatic heterocycles. The molecule has 0 spiro atoms. The Bertz CT molecular complexity index is 2840. The van der Waals surface area contributed by atoms with Gasteiger partial charge in [0.15, 0.2) is 0 Å². The molecule has 0 amide bonds. The fourth-order valence-corrected chi connectivity index (χ4v) is 13.5. The van der Waals surface area contributed by atoms with E-state index in [1.807, 2.05) is 23.1 Å². The number of nitrogens with zero attached hydrogens (tertiary/aromatic N) is 1. The summed E-state index contributed by atoms with van der Waals surface area (Å²) < 4.78 is 2.68. The van der Waals surface area contributed by atoms with Crippen molar-refractivity contribution in [3.63, 3.8) is 0 Å². The van der Waals surface area contributed by atoms with Crippen molar-refractivity contribution in [2.45, 2.75) is 96.3 Å². The molecule has 5 aromatic carbocycles. The van der Waals surface area contributed by atoms with E-state index in [-0.39, 0.29) is 16.2 Å². The number of benzene rings is 5. The number of rotatable bonds is 3. The first-order valence-electron chi connectivity index (χ1n) is 21.2. The summed E-state index contributed by atoms with van der Waals surface area (Å²) in [6.45, 7) is 17.1. The van der Waals surface area contributed by atoms with Gasteiger partial charge in [-0.25, -0.2) is 0 Å². The Balaban J connectivity index is 1.21. The number of nitrogens with one attached hydrogen (secondary N) is 1. The molecule has 6 aromatic rings. The van der Waals surface area contributed by atoms with E-state index in [2.05, 4.69) is 168 Å². The van der Waals surface area contributed by atoms with E-state index in [4.69, 9.17) is 0 Å².